The molecule has 1 heterocycles. The Kier molecular flexibility index (Phi) is 6.56. The number of aromatic nitrogens is 2. The van der Waals surface area contributed by atoms with E-state index >= 15 is 0 Å². The lowest BCUT2D eigenvalue weighted by atomic mass is 9.88. The molecule has 2 aliphatic rings. The van der Waals surface area contributed by atoms with Crippen LogP contribution in [0, 0.1) is 6.92 Å². The van der Waals surface area contributed by atoms with Crippen LogP contribution in [0.3, 0.4) is 0 Å². The average Bonchev–Trinajstić information content (AvgIpc) is 3.14. The summed E-state index contributed by atoms with van der Waals surface area (Å²) < 4.78 is 2.38. The topological polar surface area (TPSA) is 38.1 Å². The van der Waals surface area contributed by atoms with Crippen molar-refractivity contribution >= 4 is 16.9 Å². The highest BCUT2D eigenvalue weighted by Crippen LogP contribution is 2.34. The molecule has 158 valence electrons. The zero-order valence-electron chi connectivity index (χ0n) is 18.3. The maximum absolute atomic E-state index is 13.2. The summed E-state index contributed by atoms with van der Waals surface area (Å²) in [4.78, 5) is 20.4. The first kappa shape index (κ1) is 20.4. The fraction of sp³-hybridized carbons (Fsp3) is 0.680. The van der Waals surface area contributed by atoms with Crippen LogP contribution in [0.1, 0.15) is 94.9 Å². The number of nitrogens with zero attached hydrogens (tertiary/aromatic N) is 3. The minimum atomic E-state index is 0.323. The van der Waals surface area contributed by atoms with E-state index in [1.165, 1.54) is 81.1 Å². The highest BCUT2D eigenvalue weighted by atomic mass is 16.2. The standard InChI is InChI=1S/C25H37N3O/c1-3-27(21-14-8-5-9-15-21)23(29)17-18-28-22-16-10-11-19(2)24(22)26-25(28)20-12-6-4-7-13-20/h10-11,16,20-21H,3-9,12-15,17-18H2,1-2H3. The second-order valence-corrected chi connectivity index (χ2v) is 9.12. The van der Waals surface area contributed by atoms with Crippen LogP contribution in [0.4, 0.5) is 0 Å². The van der Waals surface area contributed by atoms with E-state index in [1.54, 1.807) is 0 Å². The van der Waals surface area contributed by atoms with Crippen molar-refractivity contribution in [2.45, 2.75) is 103 Å². The number of hydrogen-bond acceptors (Lipinski definition) is 2. The summed E-state index contributed by atoms with van der Waals surface area (Å²) in [6.07, 6.45) is 13.2. The molecule has 0 bridgehead atoms. The Bertz CT molecular complexity index is 828. The number of para-hydroxylation sites is 1. The Morgan fingerprint density at radius 3 is 2.45 bits per heavy atom. The Labute approximate surface area is 175 Å². The summed E-state index contributed by atoms with van der Waals surface area (Å²) in [5.74, 6) is 2.09. The van der Waals surface area contributed by atoms with Crippen molar-refractivity contribution < 1.29 is 4.79 Å². The van der Waals surface area contributed by atoms with Gasteiger partial charge < -0.3 is 9.47 Å². The first-order valence-electron chi connectivity index (χ1n) is 11.9. The predicted molar refractivity (Wildman–Crippen MR) is 119 cm³/mol. The third-order valence-corrected chi connectivity index (χ3v) is 7.21. The summed E-state index contributed by atoms with van der Waals surface area (Å²) in [6.45, 7) is 5.88. The third kappa shape index (κ3) is 4.36. The second kappa shape index (κ2) is 9.32. The molecule has 1 amide bonds. The molecule has 2 fully saturated rings. The Morgan fingerprint density at radius 2 is 1.76 bits per heavy atom. The van der Waals surface area contributed by atoms with Crippen LogP contribution in [0.2, 0.25) is 0 Å². The molecule has 0 unspecified atom stereocenters. The van der Waals surface area contributed by atoms with Gasteiger partial charge in [0.2, 0.25) is 5.91 Å². The number of benzene rings is 1. The summed E-state index contributed by atoms with van der Waals surface area (Å²) in [6, 6.07) is 6.92. The molecular weight excluding hydrogens is 358 g/mol. The highest BCUT2D eigenvalue weighted by molar-refractivity contribution is 5.80. The molecule has 2 aromatic rings. The van der Waals surface area contributed by atoms with Gasteiger partial charge in [-0.3, -0.25) is 4.79 Å². The summed E-state index contributed by atoms with van der Waals surface area (Å²) >= 11 is 0. The third-order valence-electron chi connectivity index (χ3n) is 7.21. The molecule has 4 rings (SSSR count). The van der Waals surface area contributed by atoms with Crippen LogP contribution in [-0.2, 0) is 11.3 Å². The monoisotopic (exact) mass is 395 g/mol. The van der Waals surface area contributed by atoms with Gasteiger partial charge in [-0.2, -0.15) is 0 Å². The van der Waals surface area contributed by atoms with Gasteiger partial charge in [0.15, 0.2) is 0 Å². The lowest BCUT2D eigenvalue weighted by Gasteiger charge is -2.34. The van der Waals surface area contributed by atoms with E-state index in [0.717, 1.165) is 18.6 Å². The molecular formula is C25H37N3O. The van der Waals surface area contributed by atoms with Gasteiger partial charge in [0.25, 0.3) is 0 Å². The molecule has 0 spiro atoms. The predicted octanol–water partition coefficient (Wildman–Crippen LogP) is 5.96. The van der Waals surface area contributed by atoms with Crippen molar-refractivity contribution in [3.8, 4) is 0 Å². The van der Waals surface area contributed by atoms with E-state index in [-0.39, 0.29) is 0 Å². The number of aryl methyl sites for hydroxylation is 2. The van der Waals surface area contributed by atoms with Crippen molar-refractivity contribution in [3.63, 3.8) is 0 Å². The molecule has 1 aromatic carbocycles. The molecule has 4 nitrogen and oxygen atoms in total. The minimum Gasteiger partial charge on any atom is -0.340 e. The number of fused-ring (bicyclic) bond motifs is 1. The molecule has 0 radical (unpaired) electrons. The van der Waals surface area contributed by atoms with E-state index in [0.29, 0.717) is 24.3 Å². The molecule has 0 aliphatic heterocycles. The van der Waals surface area contributed by atoms with Crippen LogP contribution in [0.15, 0.2) is 18.2 Å². The average molecular weight is 396 g/mol. The summed E-state index contributed by atoms with van der Waals surface area (Å²) in [5, 5.41) is 0. The summed E-state index contributed by atoms with van der Waals surface area (Å²) in [7, 11) is 0. The van der Waals surface area contributed by atoms with Gasteiger partial charge in [0.1, 0.15) is 5.82 Å². The van der Waals surface area contributed by atoms with Crippen molar-refractivity contribution in [1.82, 2.24) is 14.5 Å². The molecule has 29 heavy (non-hydrogen) atoms. The zero-order chi connectivity index (χ0) is 20.2. The van der Waals surface area contributed by atoms with Gasteiger partial charge >= 0.3 is 0 Å². The van der Waals surface area contributed by atoms with Gasteiger partial charge in [-0.1, -0.05) is 50.7 Å². The largest absolute Gasteiger partial charge is 0.340 e. The number of amides is 1. The first-order chi connectivity index (χ1) is 14.2. The van der Waals surface area contributed by atoms with Gasteiger partial charge in [0.05, 0.1) is 11.0 Å². The van der Waals surface area contributed by atoms with Gasteiger partial charge in [0, 0.05) is 31.5 Å². The lowest BCUT2D eigenvalue weighted by Crippen LogP contribution is -2.41. The number of imidazole rings is 1. The van der Waals surface area contributed by atoms with Crippen LogP contribution < -0.4 is 0 Å². The molecule has 2 saturated carbocycles. The van der Waals surface area contributed by atoms with Crippen molar-refractivity contribution in [3.05, 3.63) is 29.6 Å². The van der Waals surface area contributed by atoms with Crippen LogP contribution in [-0.4, -0.2) is 32.9 Å². The number of rotatable bonds is 6. The highest BCUT2D eigenvalue weighted by Gasteiger charge is 2.26. The second-order valence-electron chi connectivity index (χ2n) is 9.12. The number of carbonyl (C=O) groups excluding carboxylic acids is 1. The smallest absolute Gasteiger partial charge is 0.224 e. The fourth-order valence-electron chi connectivity index (χ4n) is 5.59. The Balaban J connectivity index is 1.56. The minimum absolute atomic E-state index is 0.323. The van der Waals surface area contributed by atoms with Gasteiger partial charge in [-0.25, -0.2) is 4.98 Å². The van der Waals surface area contributed by atoms with E-state index in [9.17, 15) is 4.79 Å². The molecule has 2 aliphatic carbocycles. The van der Waals surface area contributed by atoms with Crippen LogP contribution >= 0.6 is 0 Å². The summed E-state index contributed by atoms with van der Waals surface area (Å²) in [5.41, 5.74) is 3.57. The molecule has 1 aromatic heterocycles. The van der Waals surface area contributed by atoms with Crippen LogP contribution in [0.25, 0.3) is 11.0 Å². The van der Waals surface area contributed by atoms with E-state index in [4.69, 9.17) is 4.98 Å². The molecule has 0 atom stereocenters. The van der Waals surface area contributed by atoms with E-state index < -0.39 is 0 Å². The normalized spacial score (nSPS) is 19.0. The quantitative estimate of drug-likeness (QED) is 0.605. The number of hydrogen-bond donors (Lipinski definition) is 0. The SMILES string of the molecule is CCN(C(=O)CCn1c(C2CCCCC2)nc2c(C)cccc21)C1CCCCC1. The molecule has 0 saturated heterocycles. The van der Waals surface area contributed by atoms with Crippen LogP contribution in [0.5, 0.6) is 0 Å². The van der Waals surface area contributed by atoms with Crippen molar-refractivity contribution in [2.24, 2.45) is 0 Å². The molecule has 0 N–H and O–H groups in total. The molecule has 4 heteroatoms. The van der Waals surface area contributed by atoms with Crippen molar-refractivity contribution in [1.29, 1.82) is 0 Å². The van der Waals surface area contributed by atoms with Gasteiger partial charge in [-0.15, -0.1) is 0 Å². The Hall–Kier alpha value is -1.84. The van der Waals surface area contributed by atoms with E-state index in [2.05, 4.69) is 41.5 Å². The van der Waals surface area contributed by atoms with Gasteiger partial charge in [-0.05, 0) is 51.2 Å². The fourth-order valence-corrected chi connectivity index (χ4v) is 5.59. The van der Waals surface area contributed by atoms with E-state index in [1.807, 2.05) is 0 Å². The maximum Gasteiger partial charge on any atom is 0.224 e. The first-order valence-corrected chi connectivity index (χ1v) is 11.9. The maximum atomic E-state index is 13.2. The van der Waals surface area contributed by atoms with Crippen molar-refractivity contribution in [2.75, 3.05) is 6.54 Å². The zero-order valence-corrected chi connectivity index (χ0v) is 18.3. The lowest BCUT2D eigenvalue weighted by molar-refractivity contribution is -0.134. The number of carbonyl (C=O) groups is 1. The Morgan fingerprint density at radius 1 is 1.07 bits per heavy atom.